The van der Waals surface area contributed by atoms with Crippen LogP contribution in [0.15, 0.2) is 29.2 Å². The molecule has 0 amide bonds. The van der Waals surface area contributed by atoms with Crippen LogP contribution in [0.25, 0.3) is 0 Å². The molecule has 18 heavy (non-hydrogen) atoms. The molecule has 0 aromatic heterocycles. The Morgan fingerprint density at radius 2 is 2.17 bits per heavy atom. The zero-order valence-electron chi connectivity index (χ0n) is 10.4. The van der Waals surface area contributed by atoms with Gasteiger partial charge in [0.25, 0.3) is 0 Å². The van der Waals surface area contributed by atoms with E-state index in [1.807, 2.05) is 13.0 Å². The smallest absolute Gasteiger partial charge is 0.243 e. The van der Waals surface area contributed by atoms with Gasteiger partial charge >= 0.3 is 0 Å². The molecule has 4 nitrogen and oxygen atoms in total. The Bertz CT molecular complexity index is 505. The van der Waals surface area contributed by atoms with Crippen LogP contribution in [0.1, 0.15) is 18.9 Å². The molecule has 0 radical (unpaired) electrons. The van der Waals surface area contributed by atoms with Crippen molar-refractivity contribution in [2.45, 2.75) is 30.7 Å². The number of hydrogen-bond acceptors (Lipinski definition) is 3. The van der Waals surface area contributed by atoms with Gasteiger partial charge in [0.15, 0.2) is 0 Å². The molecule has 1 atom stereocenters. The van der Waals surface area contributed by atoms with E-state index in [9.17, 15) is 8.42 Å². The monoisotopic (exact) mass is 290 g/mol. The minimum Gasteiger partial charge on any atom is -0.326 e. The Labute approximate surface area is 115 Å². The third-order valence-electron chi connectivity index (χ3n) is 3.13. The Hall–Kier alpha value is -0.620. The summed E-state index contributed by atoms with van der Waals surface area (Å²) in [6.45, 7) is 2.97. The quantitative estimate of drug-likeness (QED) is 0.915. The predicted octanol–water partition coefficient (Wildman–Crippen LogP) is 1.39. The van der Waals surface area contributed by atoms with Crippen LogP contribution < -0.4 is 5.73 Å². The Morgan fingerprint density at radius 1 is 1.44 bits per heavy atom. The normalized spacial score (nSPS) is 20.7. The molecule has 0 aliphatic carbocycles. The maximum absolute atomic E-state index is 12.3. The number of rotatable bonds is 3. The van der Waals surface area contributed by atoms with E-state index in [-0.39, 0.29) is 18.4 Å². The molecule has 102 valence electrons. The highest BCUT2D eigenvalue weighted by molar-refractivity contribution is 7.89. The van der Waals surface area contributed by atoms with Gasteiger partial charge in [-0.2, -0.15) is 4.31 Å². The largest absolute Gasteiger partial charge is 0.326 e. The molecule has 2 N–H and O–H groups in total. The highest BCUT2D eigenvalue weighted by atomic mass is 35.5. The van der Waals surface area contributed by atoms with E-state index in [1.165, 1.54) is 4.31 Å². The third kappa shape index (κ3) is 3.03. The van der Waals surface area contributed by atoms with Crippen molar-refractivity contribution < 1.29 is 8.42 Å². The van der Waals surface area contributed by atoms with Crippen LogP contribution in [0.4, 0.5) is 0 Å². The average Bonchev–Trinajstić information content (AvgIpc) is 2.76. The first kappa shape index (κ1) is 15.4. The van der Waals surface area contributed by atoms with E-state index in [2.05, 4.69) is 0 Å². The molecule has 1 fully saturated rings. The maximum Gasteiger partial charge on any atom is 0.243 e. The van der Waals surface area contributed by atoms with E-state index in [4.69, 9.17) is 5.73 Å². The SMILES string of the molecule is CCc1cccc(S(=O)(=O)N2CC[C@@H](N)C2)c1.Cl. The molecule has 2 rings (SSSR count). The van der Waals surface area contributed by atoms with Crippen LogP contribution >= 0.6 is 12.4 Å². The number of halogens is 1. The Kier molecular flexibility index (Phi) is 5.16. The predicted molar refractivity (Wildman–Crippen MR) is 74.4 cm³/mol. The van der Waals surface area contributed by atoms with Gasteiger partial charge in [0, 0.05) is 19.1 Å². The number of nitrogens with zero attached hydrogens (tertiary/aromatic N) is 1. The van der Waals surface area contributed by atoms with Crippen LogP contribution in [0, 0.1) is 0 Å². The van der Waals surface area contributed by atoms with E-state index in [0.29, 0.717) is 18.0 Å². The summed E-state index contributed by atoms with van der Waals surface area (Å²) >= 11 is 0. The molecule has 6 heteroatoms. The zero-order valence-corrected chi connectivity index (χ0v) is 12.0. The summed E-state index contributed by atoms with van der Waals surface area (Å²) in [5.74, 6) is 0. The van der Waals surface area contributed by atoms with E-state index < -0.39 is 10.0 Å². The van der Waals surface area contributed by atoms with Gasteiger partial charge in [0.05, 0.1) is 4.90 Å². The summed E-state index contributed by atoms with van der Waals surface area (Å²) in [6.07, 6.45) is 1.58. The van der Waals surface area contributed by atoms with Gasteiger partial charge in [0.1, 0.15) is 0 Å². The summed E-state index contributed by atoms with van der Waals surface area (Å²) in [6, 6.07) is 7.10. The maximum atomic E-state index is 12.3. The second-order valence-electron chi connectivity index (χ2n) is 4.41. The van der Waals surface area contributed by atoms with Crippen molar-refractivity contribution in [3.05, 3.63) is 29.8 Å². The van der Waals surface area contributed by atoms with Crippen molar-refractivity contribution in [3.8, 4) is 0 Å². The first-order valence-corrected chi connectivity index (χ1v) is 7.32. The highest BCUT2D eigenvalue weighted by Crippen LogP contribution is 2.21. The van der Waals surface area contributed by atoms with Crippen molar-refractivity contribution in [3.63, 3.8) is 0 Å². The van der Waals surface area contributed by atoms with Gasteiger partial charge in [-0.3, -0.25) is 0 Å². The van der Waals surface area contributed by atoms with Crippen molar-refractivity contribution in [2.75, 3.05) is 13.1 Å². The number of nitrogens with two attached hydrogens (primary N) is 1. The standard InChI is InChI=1S/C12H18N2O2S.ClH/c1-2-10-4-3-5-12(8-10)17(15,16)14-7-6-11(13)9-14;/h3-5,8,11H,2,6-7,9,13H2,1H3;1H/t11-;/m1./s1. The number of benzene rings is 1. The minimum absolute atomic E-state index is 0. The fraction of sp³-hybridized carbons (Fsp3) is 0.500. The third-order valence-corrected chi connectivity index (χ3v) is 4.99. The lowest BCUT2D eigenvalue weighted by atomic mass is 10.2. The molecule has 1 aliphatic heterocycles. The fourth-order valence-electron chi connectivity index (χ4n) is 2.05. The minimum atomic E-state index is -3.35. The molecule has 1 aromatic rings. The summed E-state index contributed by atoms with van der Waals surface area (Å²) < 4.78 is 26.1. The number of sulfonamides is 1. The van der Waals surface area contributed by atoms with Gasteiger partial charge in [0.2, 0.25) is 10.0 Å². The molecular weight excluding hydrogens is 272 g/mol. The molecule has 1 aromatic carbocycles. The van der Waals surface area contributed by atoms with E-state index >= 15 is 0 Å². The lowest BCUT2D eigenvalue weighted by molar-refractivity contribution is 0.472. The second kappa shape index (κ2) is 6.02. The van der Waals surface area contributed by atoms with Gasteiger partial charge < -0.3 is 5.73 Å². The van der Waals surface area contributed by atoms with Crippen LogP contribution in [-0.4, -0.2) is 31.9 Å². The highest BCUT2D eigenvalue weighted by Gasteiger charge is 2.30. The van der Waals surface area contributed by atoms with E-state index in [1.54, 1.807) is 18.2 Å². The Balaban J connectivity index is 0.00000162. The number of aryl methyl sites for hydroxylation is 1. The Morgan fingerprint density at radius 3 is 2.72 bits per heavy atom. The summed E-state index contributed by atoms with van der Waals surface area (Å²) in [4.78, 5) is 0.381. The van der Waals surface area contributed by atoms with Gasteiger partial charge in [-0.05, 0) is 30.5 Å². The van der Waals surface area contributed by atoms with Crippen molar-refractivity contribution in [1.82, 2.24) is 4.31 Å². The van der Waals surface area contributed by atoms with Crippen molar-refractivity contribution in [2.24, 2.45) is 5.73 Å². The molecule has 0 spiro atoms. The fourth-order valence-corrected chi connectivity index (χ4v) is 3.63. The molecule has 1 aliphatic rings. The molecular formula is C12H19ClN2O2S. The average molecular weight is 291 g/mol. The number of hydrogen-bond donors (Lipinski definition) is 1. The summed E-state index contributed by atoms with van der Waals surface area (Å²) in [5.41, 5.74) is 6.79. The molecule has 0 bridgehead atoms. The molecule has 1 heterocycles. The van der Waals surface area contributed by atoms with Gasteiger partial charge in [-0.1, -0.05) is 19.1 Å². The molecule has 1 saturated heterocycles. The second-order valence-corrected chi connectivity index (χ2v) is 6.35. The van der Waals surface area contributed by atoms with Crippen LogP contribution in [-0.2, 0) is 16.4 Å². The van der Waals surface area contributed by atoms with Crippen molar-refractivity contribution in [1.29, 1.82) is 0 Å². The molecule has 0 unspecified atom stereocenters. The van der Waals surface area contributed by atoms with Gasteiger partial charge in [-0.25, -0.2) is 8.42 Å². The lowest BCUT2D eigenvalue weighted by Gasteiger charge is -2.16. The first-order valence-electron chi connectivity index (χ1n) is 5.88. The zero-order chi connectivity index (χ0) is 12.5. The van der Waals surface area contributed by atoms with Crippen molar-refractivity contribution >= 4 is 22.4 Å². The topological polar surface area (TPSA) is 63.4 Å². The van der Waals surface area contributed by atoms with Gasteiger partial charge in [-0.15, -0.1) is 12.4 Å². The van der Waals surface area contributed by atoms with E-state index in [0.717, 1.165) is 18.4 Å². The summed E-state index contributed by atoms with van der Waals surface area (Å²) in [7, 11) is -3.35. The van der Waals surface area contributed by atoms with Crippen LogP contribution in [0.5, 0.6) is 0 Å². The molecule has 0 saturated carbocycles. The lowest BCUT2D eigenvalue weighted by Crippen LogP contribution is -2.32. The van der Waals surface area contributed by atoms with Crippen LogP contribution in [0.3, 0.4) is 0 Å². The van der Waals surface area contributed by atoms with Crippen LogP contribution in [0.2, 0.25) is 0 Å². The summed E-state index contributed by atoms with van der Waals surface area (Å²) in [5, 5.41) is 0. The first-order chi connectivity index (χ1) is 8.04.